The zero-order valence-electron chi connectivity index (χ0n) is 12.1. The molecular weight excluding hydrogens is 249 g/mol. The largest absolute Gasteiger partial charge is 0.464 e. The van der Waals surface area contributed by atoms with Gasteiger partial charge in [-0.15, -0.1) is 0 Å². The van der Waals surface area contributed by atoms with E-state index in [1.165, 1.54) is 6.08 Å². The van der Waals surface area contributed by atoms with Crippen LogP contribution in [0.3, 0.4) is 0 Å². The van der Waals surface area contributed by atoms with Crippen LogP contribution in [0.4, 0.5) is 0 Å². The van der Waals surface area contributed by atoms with Crippen LogP contribution in [0.25, 0.3) is 0 Å². The van der Waals surface area contributed by atoms with Crippen LogP contribution in [0.15, 0.2) is 4.99 Å². The van der Waals surface area contributed by atoms with Gasteiger partial charge in [-0.05, 0) is 34.6 Å². The van der Waals surface area contributed by atoms with Crippen molar-refractivity contribution in [3.05, 3.63) is 0 Å². The van der Waals surface area contributed by atoms with Crippen molar-refractivity contribution in [2.75, 3.05) is 6.61 Å². The van der Waals surface area contributed by atoms with Crippen LogP contribution in [0.5, 0.6) is 0 Å². The summed E-state index contributed by atoms with van der Waals surface area (Å²) in [4.78, 5) is 25.5. The summed E-state index contributed by atoms with van der Waals surface area (Å²) in [6, 6.07) is -0.938. The van der Waals surface area contributed by atoms with Gasteiger partial charge in [-0.1, -0.05) is 0 Å². The molecule has 1 saturated heterocycles. The molecule has 0 aromatic carbocycles. The number of hydrogen-bond donors (Lipinski definition) is 0. The average molecular weight is 269 g/mol. The maximum absolute atomic E-state index is 11.6. The summed E-state index contributed by atoms with van der Waals surface area (Å²) in [7, 11) is -0.600. The summed E-state index contributed by atoms with van der Waals surface area (Å²) >= 11 is 0. The fourth-order valence-electron chi connectivity index (χ4n) is 1.75. The first-order chi connectivity index (χ1) is 8.73. The Bertz CT molecular complexity index is 374. The Morgan fingerprint density at radius 3 is 2.26 bits per heavy atom. The Hall–Kier alpha value is -1.17. The van der Waals surface area contributed by atoms with E-state index in [1.54, 1.807) is 6.92 Å². The monoisotopic (exact) mass is 269 g/mol. The van der Waals surface area contributed by atoms with E-state index in [-0.39, 0.29) is 12.9 Å². The number of esters is 1. The van der Waals surface area contributed by atoms with E-state index in [9.17, 15) is 9.59 Å². The predicted octanol–water partition coefficient (Wildman–Crippen LogP) is 1.35. The van der Waals surface area contributed by atoms with Crippen LogP contribution in [-0.4, -0.2) is 43.0 Å². The van der Waals surface area contributed by atoms with Crippen molar-refractivity contribution in [3.8, 4) is 0 Å². The number of ether oxygens (including phenoxy) is 1. The number of nitrogens with zero attached hydrogens (tertiary/aromatic N) is 1. The van der Waals surface area contributed by atoms with Crippen LogP contribution in [0.1, 0.15) is 34.6 Å². The van der Waals surface area contributed by atoms with Gasteiger partial charge in [0.05, 0.1) is 17.8 Å². The summed E-state index contributed by atoms with van der Waals surface area (Å²) in [6.45, 7) is 9.57. The van der Waals surface area contributed by atoms with Gasteiger partial charge < -0.3 is 14.0 Å². The van der Waals surface area contributed by atoms with Crippen molar-refractivity contribution < 1.29 is 23.6 Å². The molecule has 106 valence electrons. The molecule has 1 unspecified atom stereocenters. The molecule has 0 N–H and O–H groups in total. The molecule has 1 rings (SSSR count). The molecule has 1 aliphatic rings. The van der Waals surface area contributed by atoms with Crippen molar-refractivity contribution >= 4 is 19.2 Å². The lowest BCUT2D eigenvalue weighted by molar-refractivity contribution is -0.144. The first-order valence-corrected chi connectivity index (χ1v) is 6.32. The lowest BCUT2D eigenvalue weighted by Gasteiger charge is -2.32. The molecule has 1 fully saturated rings. The number of hydrogen-bond acceptors (Lipinski definition) is 6. The quantitative estimate of drug-likeness (QED) is 0.326. The molecule has 1 atom stereocenters. The molecule has 0 aromatic heterocycles. The highest BCUT2D eigenvalue weighted by Crippen LogP contribution is 2.38. The van der Waals surface area contributed by atoms with E-state index in [1.807, 2.05) is 27.7 Å². The smallest absolute Gasteiger partial charge is 0.460 e. The zero-order valence-corrected chi connectivity index (χ0v) is 12.1. The Morgan fingerprint density at radius 1 is 1.32 bits per heavy atom. The van der Waals surface area contributed by atoms with Gasteiger partial charge in [-0.25, -0.2) is 9.59 Å². The van der Waals surface area contributed by atoms with Crippen molar-refractivity contribution in [1.29, 1.82) is 0 Å². The molecule has 0 saturated carbocycles. The van der Waals surface area contributed by atoms with Crippen molar-refractivity contribution in [2.24, 2.45) is 4.99 Å². The van der Waals surface area contributed by atoms with Gasteiger partial charge >= 0.3 is 13.1 Å². The lowest BCUT2D eigenvalue weighted by Crippen LogP contribution is -2.41. The topological polar surface area (TPSA) is 74.2 Å². The third-order valence-electron chi connectivity index (χ3n) is 3.48. The highest BCUT2D eigenvalue weighted by molar-refractivity contribution is 6.46. The standard InChI is InChI=1S/C12H20BNO5/c1-6-17-10(16)9(14-8-15)7-13-18-11(2,3)12(4,5)19-13/h9H,6-7H2,1-5H3. The summed E-state index contributed by atoms with van der Waals surface area (Å²) in [5.74, 6) is -0.569. The molecule has 0 aromatic rings. The molecule has 0 amide bonds. The third kappa shape index (κ3) is 3.66. The van der Waals surface area contributed by atoms with Crippen LogP contribution >= 0.6 is 0 Å². The van der Waals surface area contributed by atoms with E-state index in [0.29, 0.717) is 0 Å². The van der Waals surface area contributed by atoms with E-state index < -0.39 is 30.3 Å². The van der Waals surface area contributed by atoms with Crippen LogP contribution in [-0.2, 0) is 23.6 Å². The van der Waals surface area contributed by atoms with E-state index in [0.717, 1.165) is 0 Å². The second kappa shape index (κ2) is 5.86. The normalized spacial score (nSPS) is 21.6. The fourth-order valence-corrected chi connectivity index (χ4v) is 1.75. The lowest BCUT2D eigenvalue weighted by atomic mass is 9.80. The molecule has 1 heterocycles. The van der Waals surface area contributed by atoms with Gasteiger partial charge in [0.1, 0.15) is 0 Å². The Balaban J connectivity index is 2.72. The predicted molar refractivity (Wildman–Crippen MR) is 69.4 cm³/mol. The average Bonchev–Trinajstić information content (AvgIpc) is 2.47. The summed E-state index contributed by atoms with van der Waals surface area (Å²) < 4.78 is 16.3. The van der Waals surface area contributed by atoms with Gasteiger partial charge in [-0.2, -0.15) is 4.99 Å². The minimum Gasteiger partial charge on any atom is -0.464 e. The number of carbonyl (C=O) groups is 1. The van der Waals surface area contributed by atoms with Gasteiger partial charge in [0.25, 0.3) is 0 Å². The molecule has 7 heteroatoms. The Labute approximate surface area is 113 Å². The van der Waals surface area contributed by atoms with Crippen molar-refractivity contribution in [1.82, 2.24) is 0 Å². The van der Waals surface area contributed by atoms with Crippen LogP contribution in [0, 0.1) is 0 Å². The summed E-state index contributed by atoms with van der Waals surface area (Å²) in [5.41, 5.74) is -0.969. The maximum atomic E-state index is 11.6. The number of rotatable bonds is 5. The molecule has 0 radical (unpaired) electrons. The second-order valence-electron chi connectivity index (χ2n) is 5.41. The fraction of sp³-hybridized carbons (Fsp3) is 0.833. The van der Waals surface area contributed by atoms with Crippen LogP contribution < -0.4 is 0 Å². The molecule has 19 heavy (non-hydrogen) atoms. The SMILES string of the molecule is CCOC(=O)C(CB1OC(C)(C)C(C)(C)O1)N=C=O. The highest BCUT2D eigenvalue weighted by atomic mass is 16.7. The number of isocyanates is 1. The molecule has 0 aliphatic carbocycles. The minimum atomic E-state index is -0.938. The van der Waals surface area contributed by atoms with Crippen LogP contribution in [0.2, 0.25) is 6.32 Å². The van der Waals surface area contributed by atoms with Crippen molar-refractivity contribution in [2.45, 2.75) is 58.2 Å². The third-order valence-corrected chi connectivity index (χ3v) is 3.48. The van der Waals surface area contributed by atoms with Gasteiger partial charge in [-0.3, -0.25) is 0 Å². The Kier molecular flexibility index (Phi) is 4.90. The van der Waals surface area contributed by atoms with E-state index in [2.05, 4.69) is 4.99 Å². The first-order valence-electron chi connectivity index (χ1n) is 6.32. The zero-order chi connectivity index (χ0) is 14.7. The minimum absolute atomic E-state index is 0.140. The summed E-state index contributed by atoms with van der Waals surface area (Å²) in [5, 5.41) is 0. The molecule has 0 spiro atoms. The molecular formula is C12H20BNO5. The van der Waals surface area contributed by atoms with Gasteiger partial charge in [0, 0.05) is 6.32 Å². The van der Waals surface area contributed by atoms with E-state index in [4.69, 9.17) is 14.0 Å². The summed E-state index contributed by atoms with van der Waals surface area (Å²) in [6.07, 6.45) is 1.53. The first kappa shape index (κ1) is 15.9. The van der Waals surface area contributed by atoms with E-state index >= 15 is 0 Å². The van der Waals surface area contributed by atoms with Crippen molar-refractivity contribution in [3.63, 3.8) is 0 Å². The highest BCUT2D eigenvalue weighted by Gasteiger charge is 2.52. The Morgan fingerprint density at radius 2 is 1.84 bits per heavy atom. The number of carbonyl (C=O) groups excluding carboxylic acids is 2. The van der Waals surface area contributed by atoms with Gasteiger partial charge in [0.15, 0.2) is 6.04 Å². The second-order valence-corrected chi connectivity index (χ2v) is 5.41. The van der Waals surface area contributed by atoms with Gasteiger partial charge in [0.2, 0.25) is 6.08 Å². The molecule has 6 nitrogen and oxygen atoms in total. The maximum Gasteiger partial charge on any atom is 0.460 e. The number of aliphatic imine (C=N–C) groups is 1. The molecule has 1 aliphatic heterocycles. The molecule has 0 bridgehead atoms.